The number of fused-ring (bicyclic) bond motifs is 1. The molecule has 1 N–H and O–H groups in total. The largest absolute Gasteiger partial charge is 0.538 e. The number of rotatable bonds is 6. The average Bonchev–Trinajstić information content (AvgIpc) is 3.32. The van der Waals surface area contributed by atoms with E-state index in [1.165, 1.54) is 28.7 Å². The van der Waals surface area contributed by atoms with E-state index in [1.807, 2.05) is 18.2 Å². The van der Waals surface area contributed by atoms with Crippen LogP contribution in [0.1, 0.15) is 45.6 Å². The predicted molar refractivity (Wildman–Crippen MR) is 118 cm³/mol. The van der Waals surface area contributed by atoms with Crippen molar-refractivity contribution in [3.05, 3.63) is 51.9 Å². The number of anilines is 1. The minimum atomic E-state index is -0.602. The molecule has 3 aromatic rings. The highest BCUT2D eigenvalue weighted by Gasteiger charge is 2.32. The van der Waals surface area contributed by atoms with Crippen molar-refractivity contribution in [3.63, 3.8) is 0 Å². The summed E-state index contributed by atoms with van der Waals surface area (Å²) in [4.78, 5) is 26.6. The Morgan fingerprint density at radius 3 is 2.78 bits per heavy atom. The van der Waals surface area contributed by atoms with Gasteiger partial charge < -0.3 is 19.7 Å². The number of benzene rings is 1. The Balaban J connectivity index is 1.56. The van der Waals surface area contributed by atoms with Crippen LogP contribution >= 0.6 is 23.1 Å². The molecule has 0 aliphatic heterocycles. The summed E-state index contributed by atoms with van der Waals surface area (Å²) in [5.41, 5.74) is 2.67. The van der Waals surface area contributed by atoms with Crippen LogP contribution in [0, 0.1) is 0 Å². The fraction of sp³-hybridized carbons (Fsp3) is 0.364. The molecule has 4 rings (SSSR count). The van der Waals surface area contributed by atoms with Crippen LogP contribution in [0.25, 0.3) is 0 Å². The molecule has 8 nitrogen and oxygen atoms in total. The Morgan fingerprint density at radius 2 is 2.12 bits per heavy atom. The molecule has 32 heavy (non-hydrogen) atoms. The van der Waals surface area contributed by atoms with Crippen LogP contribution in [0.5, 0.6) is 5.95 Å². The van der Waals surface area contributed by atoms with E-state index in [9.17, 15) is 14.7 Å². The molecule has 0 fully saturated rings. The highest BCUT2D eigenvalue weighted by molar-refractivity contribution is 8.00. The van der Waals surface area contributed by atoms with Gasteiger partial charge in [0.2, 0.25) is 5.91 Å². The van der Waals surface area contributed by atoms with Gasteiger partial charge >= 0.3 is 5.97 Å². The van der Waals surface area contributed by atoms with Crippen LogP contribution < -0.4 is 15.1 Å². The van der Waals surface area contributed by atoms with Crippen LogP contribution in [0.15, 0.2) is 39.9 Å². The Labute approximate surface area is 193 Å². The highest BCUT2D eigenvalue weighted by Crippen LogP contribution is 2.43. The Morgan fingerprint density at radius 1 is 1.38 bits per heavy atom. The maximum Gasteiger partial charge on any atom is 0.341 e. The first kappa shape index (κ1) is 22.3. The zero-order chi connectivity index (χ0) is 22.8. The minimum absolute atomic E-state index is 0.233. The summed E-state index contributed by atoms with van der Waals surface area (Å²) >= 11 is 2.48. The molecule has 1 aromatic carbocycles. The number of thioether (sulfide) groups is 1. The van der Waals surface area contributed by atoms with Crippen LogP contribution in [0.4, 0.5) is 5.00 Å². The van der Waals surface area contributed by atoms with E-state index < -0.39 is 17.2 Å². The first-order valence-electron chi connectivity index (χ1n) is 10.2. The third-order valence-electron chi connectivity index (χ3n) is 5.53. The van der Waals surface area contributed by atoms with Crippen LogP contribution in [0.2, 0.25) is 0 Å². The summed E-state index contributed by atoms with van der Waals surface area (Å²) in [6.45, 7) is 1.68. The normalized spacial score (nSPS) is 16.3. The van der Waals surface area contributed by atoms with Gasteiger partial charge in [0.1, 0.15) is 5.00 Å². The molecule has 1 aliphatic carbocycles. The lowest BCUT2D eigenvalue weighted by Gasteiger charge is -2.22. The number of thiophene rings is 1. The topological polar surface area (TPSA) is 108 Å². The summed E-state index contributed by atoms with van der Waals surface area (Å²) < 4.78 is 10.9. The molecular weight excluding hydrogens is 450 g/mol. The number of nitrogens with one attached hydrogen (secondary N) is 1. The summed E-state index contributed by atoms with van der Waals surface area (Å²) in [6, 6.07) is 10.3. The second-order valence-corrected chi connectivity index (χ2v) is 10.0. The zero-order valence-electron chi connectivity index (χ0n) is 17.9. The lowest BCUT2D eigenvalue weighted by molar-refractivity contribution is -0.772. The lowest BCUT2D eigenvalue weighted by Crippen LogP contribution is -2.33. The fourth-order valence-corrected chi connectivity index (χ4v) is 6.01. The maximum absolute atomic E-state index is 12.9. The number of methoxy groups -OCH3 is 1. The molecule has 2 atom stereocenters. The van der Waals surface area contributed by atoms with Crippen molar-refractivity contribution < 1.29 is 28.6 Å². The molecular formula is C22H23N3O5S2. The molecule has 2 heterocycles. The van der Waals surface area contributed by atoms with E-state index in [-0.39, 0.29) is 10.9 Å². The summed E-state index contributed by atoms with van der Waals surface area (Å²) in [7, 11) is 2.91. The monoisotopic (exact) mass is 473 g/mol. The number of hydrogen-bond acceptors (Lipinski definition) is 8. The van der Waals surface area contributed by atoms with E-state index in [4.69, 9.17) is 4.74 Å². The van der Waals surface area contributed by atoms with E-state index in [2.05, 4.69) is 27.2 Å². The molecule has 168 valence electrons. The Bertz CT molecular complexity index is 1120. The molecule has 2 unspecified atom stereocenters. The van der Waals surface area contributed by atoms with E-state index >= 15 is 0 Å². The highest BCUT2D eigenvalue weighted by atomic mass is 32.2. The van der Waals surface area contributed by atoms with Gasteiger partial charge in [-0.1, -0.05) is 35.0 Å². The number of esters is 1. The number of carbonyl (C=O) groups is 2. The molecule has 2 aromatic heterocycles. The smallest absolute Gasteiger partial charge is 0.341 e. The van der Waals surface area contributed by atoms with Crippen molar-refractivity contribution in [2.75, 3.05) is 12.4 Å². The van der Waals surface area contributed by atoms with Gasteiger partial charge in [0.25, 0.3) is 5.03 Å². The van der Waals surface area contributed by atoms with Gasteiger partial charge in [0.15, 0.2) is 13.0 Å². The van der Waals surface area contributed by atoms with Crippen LogP contribution in [-0.2, 0) is 29.4 Å². The second-order valence-electron chi connectivity index (χ2n) is 7.59. The summed E-state index contributed by atoms with van der Waals surface area (Å²) in [6.07, 6.45) is 2.48. The zero-order valence-corrected chi connectivity index (χ0v) is 19.5. The van der Waals surface area contributed by atoms with Gasteiger partial charge in [-0.25, -0.2) is 4.79 Å². The molecule has 0 saturated carbocycles. The molecule has 0 spiro atoms. The fourth-order valence-electron chi connectivity index (χ4n) is 3.87. The van der Waals surface area contributed by atoms with E-state index in [1.54, 1.807) is 14.0 Å². The Hall–Kier alpha value is -2.85. The molecule has 0 saturated heterocycles. The van der Waals surface area contributed by atoms with Crippen molar-refractivity contribution in [2.45, 2.75) is 42.4 Å². The summed E-state index contributed by atoms with van der Waals surface area (Å²) in [5, 5.41) is 18.3. The molecule has 1 amide bonds. The number of carbonyl (C=O) groups excluding carboxylic acids is 2. The molecule has 10 heteroatoms. The van der Waals surface area contributed by atoms with E-state index in [0.717, 1.165) is 41.5 Å². The van der Waals surface area contributed by atoms with Gasteiger partial charge in [-0.2, -0.15) is 0 Å². The standard InChI is InChI=1S/C22H23N3O5S2/c1-12(31-20-22(28)30-24-25(20)2)18(26)23-19-17(21(27)29-3)15-10-9-14(11-16(15)32-19)13-7-5-4-6-8-13/h4-8,12,14H,9-11H2,1-3H3,(H-,23,24,26,27,28). The maximum atomic E-state index is 12.9. The van der Waals surface area contributed by atoms with Gasteiger partial charge in [0.05, 0.1) is 23.2 Å². The number of hydrogen-bond donors (Lipinski definition) is 1. The van der Waals surface area contributed by atoms with Crippen molar-refractivity contribution in [3.8, 4) is 5.95 Å². The third-order valence-corrected chi connectivity index (χ3v) is 7.93. The number of nitrogens with zero attached hydrogens (tertiary/aromatic N) is 2. The number of amides is 1. The number of aryl methyl sites for hydroxylation is 1. The van der Waals surface area contributed by atoms with Gasteiger partial charge in [-0.05, 0) is 55.0 Å². The SMILES string of the molecule is COC(=O)c1c(NC(=O)C(C)Sc2c([O-])on[n+]2C)sc2c1CCC(c1ccccc1)C2. The van der Waals surface area contributed by atoms with Gasteiger partial charge in [-0.3, -0.25) is 4.79 Å². The Kier molecular flexibility index (Phi) is 6.52. The molecule has 1 aliphatic rings. The first-order chi connectivity index (χ1) is 15.4. The lowest BCUT2D eigenvalue weighted by atomic mass is 9.83. The van der Waals surface area contributed by atoms with Crippen LogP contribution in [0.3, 0.4) is 0 Å². The number of ether oxygens (including phenoxy) is 1. The predicted octanol–water partition coefficient (Wildman–Crippen LogP) is 2.81. The molecule has 0 bridgehead atoms. The van der Waals surface area contributed by atoms with Crippen molar-refractivity contribution in [1.82, 2.24) is 5.27 Å². The quantitative estimate of drug-likeness (QED) is 0.333. The van der Waals surface area contributed by atoms with Crippen molar-refractivity contribution in [2.24, 2.45) is 7.05 Å². The summed E-state index contributed by atoms with van der Waals surface area (Å²) in [5.74, 6) is -0.997. The second kappa shape index (κ2) is 9.33. The third kappa shape index (κ3) is 4.37. The van der Waals surface area contributed by atoms with Gasteiger partial charge in [-0.15, -0.1) is 11.3 Å². The van der Waals surface area contributed by atoms with Crippen molar-refractivity contribution in [1.29, 1.82) is 0 Å². The van der Waals surface area contributed by atoms with Gasteiger partial charge in [0, 0.05) is 4.88 Å². The van der Waals surface area contributed by atoms with E-state index in [0.29, 0.717) is 16.5 Å². The first-order valence-corrected chi connectivity index (χ1v) is 11.9. The van der Waals surface area contributed by atoms with Crippen LogP contribution in [-0.4, -0.2) is 29.5 Å². The minimum Gasteiger partial charge on any atom is -0.538 e. The number of aromatic nitrogens is 2. The average molecular weight is 474 g/mol. The van der Waals surface area contributed by atoms with Crippen molar-refractivity contribution >= 4 is 40.0 Å². The molecule has 0 radical (unpaired) electrons.